The highest BCUT2D eigenvalue weighted by atomic mass is 16.5. The lowest BCUT2D eigenvalue weighted by molar-refractivity contribution is 0.0593. The van der Waals surface area contributed by atoms with Gasteiger partial charge in [0.05, 0.1) is 7.11 Å². The van der Waals surface area contributed by atoms with Crippen molar-refractivity contribution in [1.29, 1.82) is 0 Å². The average Bonchev–Trinajstić information content (AvgIpc) is 2.51. The number of methoxy groups -OCH3 is 1. The number of carbonyl (C=O) groups excluding carboxylic acids is 1. The van der Waals surface area contributed by atoms with Gasteiger partial charge < -0.3 is 10.1 Å². The molecular formula is C11H14N2O2. The number of aromatic nitrogens is 1. The van der Waals surface area contributed by atoms with Crippen LogP contribution in [-0.2, 0) is 17.6 Å². The minimum atomic E-state index is -0.366. The van der Waals surface area contributed by atoms with E-state index in [0.29, 0.717) is 5.69 Å². The van der Waals surface area contributed by atoms with E-state index < -0.39 is 0 Å². The third kappa shape index (κ3) is 2.15. The second kappa shape index (κ2) is 4.40. The first kappa shape index (κ1) is 10.1. The highest BCUT2D eigenvalue weighted by Gasteiger charge is 2.13. The summed E-state index contributed by atoms with van der Waals surface area (Å²) in [5.74, 6) is -0.366. The third-order valence-corrected chi connectivity index (χ3v) is 2.57. The van der Waals surface area contributed by atoms with Gasteiger partial charge in [-0.25, -0.2) is 9.78 Å². The van der Waals surface area contributed by atoms with E-state index in [9.17, 15) is 4.79 Å². The van der Waals surface area contributed by atoms with Crippen LogP contribution in [0.3, 0.4) is 0 Å². The van der Waals surface area contributed by atoms with Crippen molar-refractivity contribution in [2.75, 3.05) is 20.2 Å². The Morgan fingerprint density at radius 1 is 1.40 bits per heavy atom. The Labute approximate surface area is 88.7 Å². The summed E-state index contributed by atoms with van der Waals surface area (Å²) in [6, 6.07) is 3.71. The first-order valence-electron chi connectivity index (χ1n) is 5.09. The van der Waals surface area contributed by atoms with E-state index in [-0.39, 0.29) is 5.97 Å². The molecule has 1 aromatic rings. The van der Waals surface area contributed by atoms with Crippen molar-refractivity contribution in [3.05, 3.63) is 29.1 Å². The third-order valence-electron chi connectivity index (χ3n) is 2.57. The zero-order valence-corrected chi connectivity index (χ0v) is 8.75. The molecule has 0 spiro atoms. The smallest absolute Gasteiger partial charge is 0.356 e. The molecule has 0 bridgehead atoms. The number of esters is 1. The minimum Gasteiger partial charge on any atom is -0.464 e. The van der Waals surface area contributed by atoms with Gasteiger partial charge in [-0.1, -0.05) is 6.07 Å². The summed E-state index contributed by atoms with van der Waals surface area (Å²) >= 11 is 0. The van der Waals surface area contributed by atoms with Crippen LogP contribution in [0.1, 0.15) is 21.7 Å². The van der Waals surface area contributed by atoms with Crippen molar-refractivity contribution >= 4 is 5.97 Å². The number of rotatable bonds is 1. The molecule has 15 heavy (non-hydrogen) atoms. The zero-order valence-electron chi connectivity index (χ0n) is 8.75. The summed E-state index contributed by atoms with van der Waals surface area (Å²) in [5.41, 5.74) is 2.65. The number of hydrogen-bond acceptors (Lipinski definition) is 4. The number of hydrogen-bond donors (Lipinski definition) is 1. The molecule has 0 atom stereocenters. The van der Waals surface area contributed by atoms with E-state index >= 15 is 0 Å². The largest absolute Gasteiger partial charge is 0.464 e. The van der Waals surface area contributed by atoms with E-state index in [0.717, 1.165) is 31.6 Å². The monoisotopic (exact) mass is 206 g/mol. The minimum absolute atomic E-state index is 0.366. The van der Waals surface area contributed by atoms with Crippen LogP contribution in [0, 0.1) is 0 Å². The fourth-order valence-electron chi connectivity index (χ4n) is 1.75. The van der Waals surface area contributed by atoms with E-state index in [4.69, 9.17) is 0 Å². The Morgan fingerprint density at radius 3 is 3.00 bits per heavy atom. The van der Waals surface area contributed by atoms with Gasteiger partial charge in [-0.15, -0.1) is 0 Å². The van der Waals surface area contributed by atoms with Gasteiger partial charge in [-0.05, 0) is 24.6 Å². The van der Waals surface area contributed by atoms with E-state index in [1.165, 1.54) is 12.7 Å². The molecule has 0 amide bonds. The quantitative estimate of drug-likeness (QED) is 0.682. The molecule has 80 valence electrons. The summed E-state index contributed by atoms with van der Waals surface area (Å²) in [5, 5.41) is 3.30. The Bertz CT molecular complexity index is 377. The molecular weight excluding hydrogens is 192 g/mol. The van der Waals surface area contributed by atoms with Crippen LogP contribution >= 0.6 is 0 Å². The molecule has 4 nitrogen and oxygen atoms in total. The number of fused-ring (bicyclic) bond motifs is 1. The lowest BCUT2D eigenvalue weighted by Crippen LogP contribution is -2.16. The van der Waals surface area contributed by atoms with Crippen molar-refractivity contribution < 1.29 is 9.53 Å². The normalized spacial score (nSPS) is 15.3. The summed E-state index contributed by atoms with van der Waals surface area (Å²) < 4.78 is 4.64. The molecule has 1 aliphatic heterocycles. The molecule has 0 radical (unpaired) electrons. The lowest BCUT2D eigenvalue weighted by atomic mass is 10.1. The van der Waals surface area contributed by atoms with E-state index in [2.05, 4.69) is 15.0 Å². The second-order valence-electron chi connectivity index (χ2n) is 3.54. The van der Waals surface area contributed by atoms with Crippen molar-refractivity contribution in [2.24, 2.45) is 0 Å². The molecule has 0 aliphatic carbocycles. The van der Waals surface area contributed by atoms with Crippen molar-refractivity contribution in [2.45, 2.75) is 12.8 Å². The predicted octanol–water partition coefficient (Wildman–Crippen LogP) is 0.556. The fourth-order valence-corrected chi connectivity index (χ4v) is 1.75. The second-order valence-corrected chi connectivity index (χ2v) is 3.54. The maximum atomic E-state index is 11.3. The molecule has 0 unspecified atom stereocenters. The molecule has 2 heterocycles. The van der Waals surface area contributed by atoms with Crippen molar-refractivity contribution in [1.82, 2.24) is 10.3 Å². The van der Waals surface area contributed by atoms with Crippen LogP contribution in [0.4, 0.5) is 0 Å². The maximum Gasteiger partial charge on any atom is 0.356 e. The van der Waals surface area contributed by atoms with Gasteiger partial charge >= 0.3 is 5.97 Å². The number of nitrogens with one attached hydrogen (secondary N) is 1. The molecule has 1 aliphatic rings. The molecule has 1 aromatic heterocycles. The van der Waals surface area contributed by atoms with Crippen LogP contribution < -0.4 is 5.32 Å². The number of nitrogens with zero attached hydrogens (tertiary/aromatic N) is 1. The first-order chi connectivity index (χ1) is 7.31. The first-order valence-corrected chi connectivity index (χ1v) is 5.09. The summed E-state index contributed by atoms with van der Waals surface area (Å²) in [4.78, 5) is 15.6. The van der Waals surface area contributed by atoms with Gasteiger partial charge in [0, 0.05) is 18.7 Å². The molecule has 2 rings (SSSR count). The van der Waals surface area contributed by atoms with Gasteiger partial charge in [0.15, 0.2) is 0 Å². The predicted molar refractivity (Wildman–Crippen MR) is 55.9 cm³/mol. The Hall–Kier alpha value is -1.42. The van der Waals surface area contributed by atoms with E-state index in [1.54, 1.807) is 6.07 Å². The maximum absolute atomic E-state index is 11.3. The zero-order chi connectivity index (χ0) is 10.7. The molecule has 0 saturated carbocycles. The number of pyridine rings is 1. The van der Waals surface area contributed by atoms with Crippen LogP contribution in [0.15, 0.2) is 12.1 Å². The Balaban J connectivity index is 2.31. The lowest BCUT2D eigenvalue weighted by Gasteiger charge is -2.05. The summed E-state index contributed by atoms with van der Waals surface area (Å²) in [6.45, 7) is 1.90. The molecule has 0 aromatic carbocycles. The van der Waals surface area contributed by atoms with E-state index in [1.807, 2.05) is 6.07 Å². The van der Waals surface area contributed by atoms with Crippen LogP contribution in [0.5, 0.6) is 0 Å². The number of ether oxygens (including phenoxy) is 1. The molecule has 4 heteroatoms. The van der Waals surface area contributed by atoms with Gasteiger partial charge in [0.1, 0.15) is 5.69 Å². The van der Waals surface area contributed by atoms with Gasteiger partial charge in [0.2, 0.25) is 0 Å². The summed E-state index contributed by atoms with van der Waals surface area (Å²) in [6.07, 6.45) is 1.85. The average molecular weight is 206 g/mol. The SMILES string of the molecule is COC(=O)c1ccc2c(n1)CCNCC2. The van der Waals surface area contributed by atoms with Crippen molar-refractivity contribution in [3.8, 4) is 0 Å². The molecule has 0 saturated heterocycles. The van der Waals surface area contributed by atoms with Gasteiger partial charge in [-0.3, -0.25) is 0 Å². The topological polar surface area (TPSA) is 51.2 Å². The van der Waals surface area contributed by atoms with Crippen molar-refractivity contribution in [3.63, 3.8) is 0 Å². The number of carbonyl (C=O) groups is 1. The highest BCUT2D eigenvalue weighted by molar-refractivity contribution is 5.87. The van der Waals surface area contributed by atoms with Gasteiger partial charge in [0.25, 0.3) is 0 Å². The van der Waals surface area contributed by atoms with Crippen LogP contribution in [-0.4, -0.2) is 31.2 Å². The van der Waals surface area contributed by atoms with Crippen LogP contribution in [0.25, 0.3) is 0 Å². The Kier molecular flexibility index (Phi) is 2.97. The summed E-state index contributed by atoms with van der Waals surface area (Å²) in [7, 11) is 1.37. The molecule has 0 fully saturated rings. The Morgan fingerprint density at radius 2 is 2.20 bits per heavy atom. The standard InChI is InChI=1S/C11H14N2O2/c1-15-11(14)10-3-2-8-4-6-12-7-5-9(8)13-10/h2-3,12H,4-7H2,1H3. The highest BCUT2D eigenvalue weighted by Crippen LogP contribution is 2.12. The van der Waals surface area contributed by atoms with Crippen LogP contribution in [0.2, 0.25) is 0 Å². The van der Waals surface area contributed by atoms with Gasteiger partial charge in [-0.2, -0.15) is 0 Å². The fraction of sp³-hybridized carbons (Fsp3) is 0.455. The molecule has 1 N–H and O–H groups in total.